The Balaban J connectivity index is 4.14. The molecular weight excluding hydrogens is 472 g/mol. The monoisotopic (exact) mass is 526 g/mol. The standard InChI is InChI=1S/C34H54O4/c1-27(13-7-8-14-28(2)16-11-21-31(5)23-25-33(35)36)15-9-17-29(3)18-10-19-30(4)20-12-22-32(6)24-26-34(37)38/h13-14,17,19,21-22H,7-12,15-16,18,20,23-26H2,1-6H3,(H,35,36)(H,37,38)/b27-13+,28-14+,29-17+,30-19+,31-21+,32-22+. The first-order valence-corrected chi connectivity index (χ1v) is 14.4. The maximum atomic E-state index is 10.6. The van der Waals surface area contributed by atoms with Gasteiger partial charge in [-0.15, -0.1) is 0 Å². The average molecular weight is 527 g/mol. The molecule has 0 rings (SSSR count). The summed E-state index contributed by atoms with van der Waals surface area (Å²) < 4.78 is 0. The fourth-order valence-corrected chi connectivity index (χ4v) is 4.06. The van der Waals surface area contributed by atoms with Gasteiger partial charge >= 0.3 is 11.9 Å². The van der Waals surface area contributed by atoms with Crippen LogP contribution in [0, 0.1) is 0 Å². The Hall–Kier alpha value is -2.62. The van der Waals surface area contributed by atoms with Crippen LogP contribution in [0.4, 0.5) is 0 Å². The summed E-state index contributed by atoms with van der Waals surface area (Å²) in [7, 11) is 0. The van der Waals surface area contributed by atoms with Crippen LogP contribution in [-0.4, -0.2) is 22.2 Å². The number of allylic oxidation sites excluding steroid dienone is 12. The van der Waals surface area contributed by atoms with Crippen LogP contribution in [0.2, 0.25) is 0 Å². The van der Waals surface area contributed by atoms with Crippen molar-refractivity contribution in [1.29, 1.82) is 0 Å². The second-order valence-electron chi connectivity index (χ2n) is 10.8. The maximum absolute atomic E-state index is 10.6. The lowest BCUT2D eigenvalue weighted by Crippen LogP contribution is -1.94. The smallest absolute Gasteiger partial charge is 0.303 e. The molecule has 0 saturated carbocycles. The highest BCUT2D eigenvalue weighted by Gasteiger charge is 1.99. The summed E-state index contributed by atoms with van der Waals surface area (Å²) in [6.45, 7) is 12.9. The lowest BCUT2D eigenvalue weighted by atomic mass is 10.0. The summed E-state index contributed by atoms with van der Waals surface area (Å²) in [6, 6.07) is 0. The van der Waals surface area contributed by atoms with Crippen molar-refractivity contribution in [3.63, 3.8) is 0 Å². The fourth-order valence-electron chi connectivity index (χ4n) is 4.06. The van der Waals surface area contributed by atoms with Crippen LogP contribution in [0.15, 0.2) is 69.9 Å². The third-order valence-corrected chi connectivity index (χ3v) is 6.74. The van der Waals surface area contributed by atoms with Gasteiger partial charge in [-0.2, -0.15) is 0 Å². The molecule has 0 saturated heterocycles. The number of aliphatic carboxylic acids is 2. The first kappa shape index (κ1) is 35.4. The van der Waals surface area contributed by atoms with Crippen molar-refractivity contribution in [2.45, 2.75) is 131 Å². The molecule has 0 atom stereocenters. The molecule has 0 unspecified atom stereocenters. The van der Waals surface area contributed by atoms with Gasteiger partial charge in [-0.25, -0.2) is 0 Å². The molecule has 4 nitrogen and oxygen atoms in total. The first-order chi connectivity index (χ1) is 18.0. The summed E-state index contributed by atoms with van der Waals surface area (Å²) in [5, 5.41) is 17.5. The van der Waals surface area contributed by atoms with Gasteiger partial charge in [0.05, 0.1) is 0 Å². The largest absolute Gasteiger partial charge is 0.481 e. The number of carbonyl (C=O) groups is 2. The van der Waals surface area contributed by atoms with Gasteiger partial charge in [0.25, 0.3) is 0 Å². The molecule has 0 bridgehead atoms. The second kappa shape index (κ2) is 22.4. The van der Waals surface area contributed by atoms with Crippen molar-refractivity contribution >= 4 is 11.9 Å². The van der Waals surface area contributed by atoms with Crippen LogP contribution in [-0.2, 0) is 9.59 Å². The van der Waals surface area contributed by atoms with E-state index in [2.05, 4.69) is 64.2 Å². The van der Waals surface area contributed by atoms with Gasteiger partial charge in [-0.05, 0) is 119 Å². The van der Waals surface area contributed by atoms with Crippen LogP contribution in [0.1, 0.15) is 131 Å². The Morgan fingerprint density at radius 2 is 0.579 bits per heavy atom. The number of hydrogen-bond acceptors (Lipinski definition) is 2. The third-order valence-electron chi connectivity index (χ3n) is 6.74. The van der Waals surface area contributed by atoms with Crippen LogP contribution < -0.4 is 0 Å². The van der Waals surface area contributed by atoms with E-state index >= 15 is 0 Å². The van der Waals surface area contributed by atoms with Crippen LogP contribution in [0.25, 0.3) is 0 Å². The summed E-state index contributed by atoms with van der Waals surface area (Å²) in [5.41, 5.74) is 8.06. The second-order valence-corrected chi connectivity index (χ2v) is 10.8. The van der Waals surface area contributed by atoms with E-state index in [-0.39, 0.29) is 12.8 Å². The van der Waals surface area contributed by atoms with Gasteiger partial charge in [0, 0.05) is 12.8 Å². The van der Waals surface area contributed by atoms with E-state index in [4.69, 9.17) is 10.2 Å². The van der Waals surface area contributed by atoms with Crippen LogP contribution in [0.5, 0.6) is 0 Å². The number of hydrogen-bond donors (Lipinski definition) is 2. The molecule has 0 heterocycles. The van der Waals surface area contributed by atoms with E-state index in [9.17, 15) is 9.59 Å². The zero-order chi connectivity index (χ0) is 28.8. The molecule has 0 radical (unpaired) electrons. The van der Waals surface area contributed by atoms with Gasteiger partial charge in [0.1, 0.15) is 0 Å². The summed E-state index contributed by atoms with van der Waals surface area (Å²) in [4.78, 5) is 21.3. The Morgan fingerprint density at radius 3 is 0.816 bits per heavy atom. The van der Waals surface area contributed by atoms with E-state index in [1.165, 1.54) is 33.4 Å². The Labute approximate surface area is 233 Å². The van der Waals surface area contributed by atoms with E-state index < -0.39 is 11.9 Å². The van der Waals surface area contributed by atoms with Gasteiger partial charge in [0.2, 0.25) is 0 Å². The summed E-state index contributed by atoms with van der Waals surface area (Å²) in [6.07, 6.45) is 26.1. The molecule has 0 aliphatic heterocycles. The molecule has 0 amide bonds. The highest BCUT2D eigenvalue weighted by Crippen LogP contribution is 2.16. The van der Waals surface area contributed by atoms with E-state index in [0.29, 0.717) is 12.8 Å². The molecule has 0 aromatic heterocycles. The molecule has 0 spiro atoms. The van der Waals surface area contributed by atoms with Crippen molar-refractivity contribution in [2.75, 3.05) is 0 Å². The van der Waals surface area contributed by atoms with E-state index in [1.54, 1.807) is 0 Å². The predicted octanol–water partition coefficient (Wildman–Crippen LogP) is 10.3. The molecule has 0 aromatic rings. The lowest BCUT2D eigenvalue weighted by molar-refractivity contribution is -0.138. The highest BCUT2D eigenvalue weighted by atomic mass is 16.4. The zero-order valence-corrected chi connectivity index (χ0v) is 25.1. The third kappa shape index (κ3) is 23.8. The van der Waals surface area contributed by atoms with Gasteiger partial charge < -0.3 is 10.2 Å². The minimum atomic E-state index is -0.730. The molecule has 0 aromatic carbocycles. The summed E-state index contributed by atoms with van der Waals surface area (Å²) in [5.74, 6) is -1.46. The Morgan fingerprint density at radius 1 is 0.368 bits per heavy atom. The molecule has 0 aliphatic rings. The van der Waals surface area contributed by atoms with Gasteiger partial charge in [-0.3, -0.25) is 9.59 Å². The number of carboxylic acids is 2. The minimum absolute atomic E-state index is 0.216. The molecule has 2 N–H and O–H groups in total. The van der Waals surface area contributed by atoms with Crippen molar-refractivity contribution in [2.24, 2.45) is 0 Å². The normalized spacial score (nSPS) is 14.3. The number of unbranched alkanes of at least 4 members (excludes halogenated alkanes) is 1. The minimum Gasteiger partial charge on any atom is -0.481 e. The van der Waals surface area contributed by atoms with E-state index in [0.717, 1.165) is 64.2 Å². The van der Waals surface area contributed by atoms with Crippen molar-refractivity contribution in [1.82, 2.24) is 0 Å². The SMILES string of the molecule is C/C(=C\CC/C=C(\C)CC/C=C(\C)CCC(=O)O)CC/C=C(\C)CC/C=C(\C)CC/C=C(\C)CCC(=O)O. The molecular formula is C34H54O4. The molecule has 0 aliphatic carbocycles. The number of carboxylic acid groups (broad SMARTS) is 2. The van der Waals surface area contributed by atoms with Crippen molar-refractivity contribution in [3.8, 4) is 0 Å². The highest BCUT2D eigenvalue weighted by molar-refractivity contribution is 5.67. The first-order valence-electron chi connectivity index (χ1n) is 14.4. The van der Waals surface area contributed by atoms with E-state index in [1.807, 2.05) is 13.8 Å². The summed E-state index contributed by atoms with van der Waals surface area (Å²) >= 11 is 0. The van der Waals surface area contributed by atoms with Crippen molar-refractivity contribution in [3.05, 3.63) is 69.9 Å². The van der Waals surface area contributed by atoms with Gasteiger partial charge in [0.15, 0.2) is 0 Å². The lowest BCUT2D eigenvalue weighted by Gasteiger charge is -2.03. The molecule has 38 heavy (non-hydrogen) atoms. The average Bonchev–Trinajstić information content (AvgIpc) is 2.84. The Kier molecular flexibility index (Phi) is 20.8. The fraction of sp³-hybridized carbons (Fsp3) is 0.588. The van der Waals surface area contributed by atoms with Crippen molar-refractivity contribution < 1.29 is 19.8 Å². The topological polar surface area (TPSA) is 74.6 Å². The predicted molar refractivity (Wildman–Crippen MR) is 162 cm³/mol. The Bertz CT molecular complexity index is 893. The number of rotatable bonds is 21. The molecule has 214 valence electrons. The quantitative estimate of drug-likeness (QED) is 0.115. The van der Waals surface area contributed by atoms with Crippen LogP contribution >= 0.6 is 0 Å². The van der Waals surface area contributed by atoms with Gasteiger partial charge in [-0.1, -0.05) is 69.9 Å². The zero-order valence-electron chi connectivity index (χ0n) is 25.1. The molecule has 0 fully saturated rings. The van der Waals surface area contributed by atoms with Crippen LogP contribution in [0.3, 0.4) is 0 Å². The molecule has 4 heteroatoms. The maximum Gasteiger partial charge on any atom is 0.303 e.